The molecule has 0 aromatic carbocycles. The van der Waals surface area contributed by atoms with Crippen LogP contribution in [0.3, 0.4) is 0 Å². The van der Waals surface area contributed by atoms with Crippen molar-refractivity contribution in [3.05, 3.63) is 0 Å². The van der Waals surface area contributed by atoms with Gasteiger partial charge in [0.15, 0.2) is 6.29 Å². The van der Waals surface area contributed by atoms with Crippen molar-refractivity contribution in [1.29, 1.82) is 0 Å². The predicted molar refractivity (Wildman–Crippen MR) is 165 cm³/mol. The summed E-state index contributed by atoms with van der Waals surface area (Å²) in [5.74, 6) is 0. The van der Waals surface area contributed by atoms with E-state index in [1.165, 1.54) is 6.42 Å². The largest absolute Gasteiger partial charge is 0.379 e. The average Bonchev–Trinajstić information content (AvgIpc) is 3.06. The van der Waals surface area contributed by atoms with Crippen LogP contribution >= 0.6 is 0 Å². The molecular formula is C31H62O14. The van der Waals surface area contributed by atoms with Gasteiger partial charge in [0.2, 0.25) is 0 Å². The molecule has 1 aliphatic heterocycles. The summed E-state index contributed by atoms with van der Waals surface area (Å²) in [7, 11) is 0. The molecule has 1 unspecified atom stereocenters. The zero-order valence-corrected chi connectivity index (χ0v) is 27.8. The predicted octanol–water partition coefficient (Wildman–Crippen LogP) is 1.75. The Morgan fingerprint density at radius 1 is 0.356 bits per heavy atom. The summed E-state index contributed by atoms with van der Waals surface area (Å²) in [5.41, 5.74) is 0. The molecule has 0 aliphatic carbocycles. The summed E-state index contributed by atoms with van der Waals surface area (Å²) >= 11 is 0. The fourth-order valence-electron chi connectivity index (χ4n) is 3.64. The van der Waals surface area contributed by atoms with E-state index in [0.29, 0.717) is 165 Å². The number of rotatable bonds is 38. The molecule has 0 N–H and O–H groups in total. The van der Waals surface area contributed by atoms with Crippen LogP contribution in [-0.2, 0) is 66.3 Å². The lowest BCUT2D eigenvalue weighted by molar-refractivity contribution is -0.169. The lowest BCUT2D eigenvalue weighted by Gasteiger charge is -2.22. The van der Waals surface area contributed by atoms with E-state index < -0.39 is 0 Å². The molecule has 0 radical (unpaired) electrons. The maximum atomic E-state index is 5.61. The molecule has 1 aliphatic rings. The van der Waals surface area contributed by atoms with E-state index in [9.17, 15) is 0 Å². The average molecular weight is 659 g/mol. The van der Waals surface area contributed by atoms with Crippen molar-refractivity contribution >= 4 is 0 Å². The lowest BCUT2D eigenvalue weighted by atomic mass is 10.2. The highest BCUT2D eigenvalue weighted by Gasteiger charge is 2.13. The van der Waals surface area contributed by atoms with Crippen LogP contribution in [0, 0.1) is 0 Å². The second-order valence-corrected chi connectivity index (χ2v) is 9.60. The summed E-state index contributed by atoms with van der Waals surface area (Å²) in [6, 6.07) is 0. The summed E-state index contributed by atoms with van der Waals surface area (Å²) in [4.78, 5) is 0. The fraction of sp³-hybridized carbons (Fsp3) is 1.00. The van der Waals surface area contributed by atoms with Crippen molar-refractivity contribution in [2.24, 2.45) is 0 Å². The zero-order chi connectivity index (χ0) is 32.0. The Bertz CT molecular complexity index is 542. The Morgan fingerprint density at radius 2 is 0.622 bits per heavy atom. The van der Waals surface area contributed by atoms with Crippen molar-refractivity contribution in [2.45, 2.75) is 32.5 Å². The molecule has 1 rings (SSSR count). The molecule has 0 bridgehead atoms. The van der Waals surface area contributed by atoms with Crippen molar-refractivity contribution in [2.75, 3.05) is 172 Å². The van der Waals surface area contributed by atoms with Crippen LogP contribution in [0.5, 0.6) is 0 Å². The molecule has 0 saturated carbocycles. The molecule has 0 aromatic heterocycles. The van der Waals surface area contributed by atoms with E-state index in [-0.39, 0.29) is 6.29 Å². The lowest BCUT2D eigenvalue weighted by Crippen LogP contribution is -2.24. The van der Waals surface area contributed by atoms with E-state index in [2.05, 4.69) is 0 Å². The van der Waals surface area contributed by atoms with Crippen molar-refractivity contribution in [1.82, 2.24) is 0 Å². The second kappa shape index (κ2) is 37.9. The highest BCUT2D eigenvalue weighted by atomic mass is 16.7. The summed E-state index contributed by atoms with van der Waals surface area (Å²) in [5, 5.41) is 0. The van der Waals surface area contributed by atoms with Crippen LogP contribution in [0.15, 0.2) is 0 Å². The van der Waals surface area contributed by atoms with Crippen molar-refractivity contribution < 1.29 is 66.3 Å². The molecule has 0 aromatic rings. The minimum atomic E-state index is -0.0651. The SMILES string of the molecule is CCOCCOCCOCCOCCOCCOCCOCCOCCOCCOCCOCCOCCOC1CCCCO1. The Labute approximate surface area is 270 Å². The first-order valence-electron chi connectivity index (χ1n) is 16.6. The molecule has 1 fully saturated rings. The van der Waals surface area contributed by atoms with Crippen LogP contribution in [-0.4, -0.2) is 178 Å². The van der Waals surface area contributed by atoms with E-state index in [1.807, 2.05) is 6.92 Å². The molecule has 0 spiro atoms. The second-order valence-electron chi connectivity index (χ2n) is 9.60. The Hall–Kier alpha value is -0.560. The standard InChI is InChI=1S/C31H62O14/c1-2-32-7-8-33-9-10-34-11-12-35-13-14-36-15-16-37-17-18-38-19-20-39-21-22-40-23-24-41-25-26-42-27-28-43-29-30-45-31-5-3-4-6-44-31/h31H,2-30H2,1H3. The first kappa shape index (κ1) is 42.5. The Balaban J connectivity index is 1.60. The number of hydrogen-bond acceptors (Lipinski definition) is 14. The molecule has 1 heterocycles. The molecule has 14 nitrogen and oxygen atoms in total. The van der Waals surface area contributed by atoms with E-state index in [1.54, 1.807) is 0 Å². The van der Waals surface area contributed by atoms with E-state index in [0.717, 1.165) is 19.4 Å². The number of hydrogen-bond donors (Lipinski definition) is 0. The van der Waals surface area contributed by atoms with Gasteiger partial charge in [-0.25, -0.2) is 0 Å². The van der Waals surface area contributed by atoms with E-state index in [4.69, 9.17) is 66.3 Å². The van der Waals surface area contributed by atoms with Gasteiger partial charge in [-0.05, 0) is 26.2 Å². The highest BCUT2D eigenvalue weighted by molar-refractivity contribution is 4.53. The van der Waals surface area contributed by atoms with Gasteiger partial charge in [-0.1, -0.05) is 0 Å². The third-order valence-electron chi connectivity index (χ3n) is 5.97. The van der Waals surface area contributed by atoms with Gasteiger partial charge in [0, 0.05) is 13.2 Å². The van der Waals surface area contributed by atoms with Gasteiger partial charge in [-0.2, -0.15) is 0 Å². The molecule has 14 heteroatoms. The van der Waals surface area contributed by atoms with Crippen LogP contribution in [0.4, 0.5) is 0 Å². The maximum Gasteiger partial charge on any atom is 0.157 e. The zero-order valence-electron chi connectivity index (χ0n) is 27.8. The van der Waals surface area contributed by atoms with Crippen molar-refractivity contribution in [3.8, 4) is 0 Å². The first-order valence-corrected chi connectivity index (χ1v) is 16.6. The maximum absolute atomic E-state index is 5.61. The summed E-state index contributed by atoms with van der Waals surface area (Å²) < 4.78 is 76.4. The van der Waals surface area contributed by atoms with Crippen LogP contribution in [0.1, 0.15) is 26.2 Å². The minimum absolute atomic E-state index is 0.0651. The third-order valence-corrected chi connectivity index (χ3v) is 5.97. The Kier molecular flexibility index (Phi) is 35.8. The highest BCUT2D eigenvalue weighted by Crippen LogP contribution is 2.13. The van der Waals surface area contributed by atoms with Gasteiger partial charge in [0.25, 0.3) is 0 Å². The molecule has 1 saturated heterocycles. The quantitative estimate of drug-likeness (QED) is 0.0894. The van der Waals surface area contributed by atoms with Crippen LogP contribution in [0.25, 0.3) is 0 Å². The van der Waals surface area contributed by atoms with Crippen LogP contribution in [0.2, 0.25) is 0 Å². The topological polar surface area (TPSA) is 129 Å². The Morgan fingerprint density at radius 3 is 0.867 bits per heavy atom. The van der Waals surface area contributed by atoms with Gasteiger partial charge >= 0.3 is 0 Å². The fourth-order valence-corrected chi connectivity index (χ4v) is 3.64. The first-order chi connectivity index (χ1) is 22.4. The normalized spacial score (nSPS) is 15.3. The molecule has 0 amide bonds. The summed E-state index contributed by atoms with van der Waals surface area (Å²) in [6.45, 7) is 16.3. The minimum Gasteiger partial charge on any atom is -0.379 e. The summed E-state index contributed by atoms with van der Waals surface area (Å²) in [6.07, 6.45) is 3.19. The van der Waals surface area contributed by atoms with Gasteiger partial charge < -0.3 is 66.3 Å². The van der Waals surface area contributed by atoms with Gasteiger partial charge in [-0.3, -0.25) is 0 Å². The smallest absolute Gasteiger partial charge is 0.157 e. The van der Waals surface area contributed by atoms with E-state index >= 15 is 0 Å². The molecule has 270 valence electrons. The van der Waals surface area contributed by atoms with Crippen LogP contribution < -0.4 is 0 Å². The molecule has 45 heavy (non-hydrogen) atoms. The van der Waals surface area contributed by atoms with Crippen molar-refractivity contribution in [3.63, 3.8) is 0 Å². The third kappa shape index (κ3) is 34.6. The number of ether oxygens (including phenoxy) is 14. The molecular weight excluding hydrogens is 596 g/mol. The van der Waals surface area contributed by atoms with Gasteiger partial charge in [0.1, 0.15) is 0 Å². The van der Waals surface area contributed by atoms with Gasteiger partial charge in [-0.15, -0.1) is 0 Å². The monoisotopic (exact) mass is 658 g/mol. The molecule has 1 atom stereocenters. The van der Waals surface area contributed by atoms with Gasteiger partial charge in [0.05, 0.1) is 159 Å².